The summed E-state index contributed by atoms with van der Waals surface area (Å²) in [5.74, 6) is 0. The Balaban J connectivity index is 2.12. The van der Waals surface area contributed by atoms with E-state index < -0.39 is 0 Å². The van der Waals surface area contributed by atoms with Crippen LogP contribution in [0, 0.1) is 0 Å². The molecule has 0 atom stereocenters. The van der Waals surface area contributed by atoms with E-state index in [0.29, 0.717) is 0 Å². The predicted molar refractivity (Wildman–Crippen MR) is 60.2 cm³/mol. The molecule has 2 heteroatoms. The fourth-order valence-electron chi connectivity index (χ4n) is 2.55. The fourth-order valence-corrected chi connectivity index (χ4v) is 2.55. The van der Waals surface area contributed by atoms with E-state index in [1.807, 2.05) is 0 Å². The first kappa shape index (κ1) is 8.16. The van der Waals surface area contributed by atoms with Crippen molar-refractivity contribution in [2.75, 3.05) is 30.4 Å². The summed E-state index contributed by atoms with van der Waals surface area (Å²) in [6.07, 6.45) is 3.88. The first-order chi connectivity index (χ1) is 6.84. The van der Waals surface area contributed by atoms with Gasteiger partial charge in [-0.3, -0.25) is 0 Å². The Morgan fingerprint density at radius 2 is 2.00 bits per heavy atom. The van der Waals surface area contributed by atoms with Gasteiger partial charge in [-0.1, -0.05) is 0 Å². The molecule has 2 nitrogen and oxygen atoms in total. The summed E-state index contributed by atoms with van der Waals surface area (Å²) < 4.78 is 0. The molecule has 1 aromatic carbocycles. The molecule has 0 spiro atoms. The van der Waals surface area contributed by atoms with Crippen LogP contribution in [0.2, 0.25) is 0 Å². The average molecular weight is 188 g/mol. The Kier molecular flexibility index (Phi) is 1.69. The summed E-state index contributed by atoms with van der Waals surface area (Å²) in [6, 6.07) is 4.73. The number of benzene rings is 1. The van der Waals surface area contributed by atoms with Crippen molar-refractivity contribution in [1.82, 2.24) is 0 Å². The quantitative estimate of drug-likeness (QED) is 0.670. The minimum Gasteiger partial charge on any atom is -0.382 e. The third kappa shape index (κ3) is 1.10. The molecule has 1 aliphatic carbocycles. The smallest absolute Gasteiger partial charge is 0.0603 e. The fraction of sp³-hybridized carbons (Fsp3) is 0.500. The SMILES string of the molecule is CN1CCNc2cc3c(cc21)CCC3. The normalized spacial score (nSPS) is 18.8. The lowest BCUT2D eigenvalue weighted by molar-refractivity contribution is 0.884. The maximum atomic E-state index is 3.48. The van der Waals surface area contributed by atoms with Gasteiger partial charge in [-0.05, 0) is 42.5 Å². The van der Waals surface area contributed by atoms with Gasteiger partial charge >= 0.3 is 0 Å². The molecule has 0 amide bonds. The molecule has 0 fully saturated rings. The monoisotopic (exact) mass is 188 g/mol. The van der Waals surface area contributed by atoms with E-state index in [9.17, 15) is 0 Å². The number of hydrogen-bond acceptors (Lipinski definition) is 2. The highest BCUT2D eigenvalue weighted by Gasteiger charge is 2.18. The van der Waals surface area contributed by atoms with Crippen molar-refractivity contribution < 1.29 is 0 Å². The molecule has 1 N–H and O–H groups in total. The van der Waals surface area contributed by atoms with E-state index in [2.05, 4.69) is 29.4 Å². The highest BCUT2D eigenvalue weighted by atomic mass is 15.2. The number of nitrogens with one attached hydrogen (secondary N) is 1. The zero-order valence-corrected chi connectivity index (χ0v) is 8.64. The van der Waals surface area contributed by atoms with Crippen LogP contribution in [0.3, 0.4) is 0 Å². The van der Waals surface area contributed by atoms with E-state index in [-0.39, 0.29) is 0 Å². The van der Waals surface area contributed by atoms with Crippen LogP contribution in [0.15, 0.2) is 12.1 Å². The lowest BCUT2D eigenvalue weighted by Crippen LogP contribution is -2.30. The highest BCUT2D eigenvalue weighted by Crippen LogP contribution is 2.34. The number of anilines is 2. The molecule has 1 aromatic rings. The predicted octanol–water partition coefficient (Wildman–Crippen LogP) is 2.04. The van der Waals surface area contributed by atoms with E-state index in [0.717, 1.165) is 13.1 Å². The van der Waals surface area contributed by atoms with Gasteiger partial charge in [0, 0.05) is 20.1 Å². The van der Waals surface area contributed by atoms with Crippen LogP contribution in [0.5, 0.6) is 0 Å². The second-order valence-corrected chi connectivity index (χ2v) is 4.34. The molecule has 0 saturated carbocycles. The standard InChI is InChI=1S/C12H16N2/c1-14-6-5-13-11-7-9-3-2-4-10(9)8-12(11)14/h7-8,13H,2-6H2,1H3. The van der Waals surface area contributed by atoms with Gasteiger partial charge in [0.05, 0.1) is 11.4 Å². The molecule has 0 radical (unpaired) electrons. The van der Waals surface area contributed by atoms with Crippen LogP contribution in [0.25, 0.3) is 0 Å². The maximum absolute atomic E-state index is 3.48. The van der Waals surface area contributed by atoms with E-state index in [4.69, 9.17) is 0 Å². The molecular formula is C12H16N2. The summed E-state index contributed by atoms with van der Waals surface area (Å²) >= 11 is 0. The highest BCUT2D eigenvalue weighted by molar-refractivity contribution is 5.74. The Hall–Kier alpha value is -1.18. The summed E-state index contributed by atoms with van der Waals surface area (Å²) in [6.45, 7) is 2.19. The molecule has 74 valence electrons. The summed E-state index contributed by atoms with van der Waals surface area (Å²) in [5.41, 5.74) is 5.85. The van der Waals surface area contributed by atoms with Crippen LogP contribution < -0.4 is 10.2 Å². The number of rotatable bonds is 0. The van der Waals surface area contributed by atoms with Gasteiger partial charge in [0.2, 0.25) is 0 Å². The largest absolute Gasteiger partial charge is 0.382 e. The number of aryl methyl sites for hydroxylation is 2. The first-order valence-corrected chi connectivity index (χ1v) is 5.45. The van der Waals surface area contributed by atoms with Crippen molar-refractivity contribution in [3.63, 3.8) is 0 Å². The Morgan fingerprint density at radius 3 is 2.86 bits per heavy atom. The lowest BCUT2D eigenvalue weighted by Gasteiger charge is -2.29. The van der Waals surface area contributed by atoms with Gasteiger partial charge in [-0.25, -0.2) is 0 Å². The van der Waals surface area contributed by atoms with E-state index in [1.54, 1.807) is 11.1 Å². The molecule has 3 rings (SSSR count). The van der Waals surface area contributed by atoms with Crippen LogP contribution >= 0.6 is 0 Å². The van der Waals surface area contributed by atoms with Crippen LogP contribution in [0.1, 0.15) is 17.5 Å². The summed E-state index contributed by atoms with van der Waals surface area (Å²) in [5, 5.41) is 3.48. The minimum atomic E-state index is 1.07. The van der Waals surface area contributed by atoms with E-state index in [1.165, 1.54) is 30.6 Å². The number of hydrogen-bond donors (Lipinski definition) is 1. The second-order valence-electron chi connectivity index (χ2n) is 4.34. The Morgan fingerprint density at radius 1 is 1.21 bits per heavy atom. The van der Waals surface area contributed by atoms with Gasteiger partial charge in [0.25, 0.3) is 0 Å². The molecule has 0 aromatic heterocycles. The van der Waals surface area contributed by atoms with Crippen molar-refractivity contribution in [3.8, 4) is 0 Å². The van der Waals surface area contributed by atoms with Crippen LogP contribution in [-0.4, -0.2) is 20.1 Å². The Labute approximate surface area is 84.9 Å². The van der Waals surface area contributed by atoms with Gasteiger partial charge in [0.15, 0.2) is 0 Å². The third-order valence-electron chi connectivity index (χ3n) is 3.38. The van der Waals surface area contributed by atoms with Gasteiger partial charge in [-0.15, -0.1) is 0 Å². The number of likely N-dealkylation sites (N-methyl/N-ethyl adjacent to an activating group) is 1. The molecule has 1 heterocycles. The summed E-state index contributed by atoms with van der Waals surface area (Å²) in [4.78, 5) is 2.35. The van der Waals surface area contributed by atoms with Gasteiger partial charge < -0.3 is 10.2 Å². The topological polar surface area (TPSA) is 15.3 Å². The van der Waals surface area contributed by atoms with Crippen molar-refractivity contribution >= 4 is 11.4 Å². The van der Waals surface area contributed by atoms with Crippen molar-refractivity contribution in [3.05, 3.63) is 23.3 Å². The molecular weight excluding hydrogens is 172 g/mol. The molecule has 0 saturated heterocycles. The molecule has 0 unspecified atom stereocenters. The number of nitrogens with zero attached hydrogens (tertiary/aromatic N) is 1. The van der Waals surface area contributed by atoms with Crippen molar-refractivity contribution in [1.29, 1.82) is 0 Å². The molecule has 1 aliphatic heterocycles. The van der Waals surface area contributed by atoms with Crippen LogP contribution in [0.4, 0.5) is 11.4 Å². The zero-order chi connectivity index (χ0) is 9.54. The Bertz CT molecular complexity index is 371. The molecule has 14 heavy (non-hydrogen) atoms. The second kappa shape index (κ2) is 2.91. The van der Waals surface area contributed by atoms with E-state index >= 15 is 0 Å². The van der Waals surface area contributed by atoms with Gasteiger partial charge in [0.1, 0.15) is 0 Å². The first-order valence-electron chi connectivity index (χ1n) is 5.45. The number of fused-ring (bicyclic) bond motifs is 2. The third-order valence-corrected chi connectivity index (χ3v) is 3.38. The zero-order valence-electron chi connectivity index (χ0n) is 8.64. The van der Waals surface area contributed by atoms with Gasteiger partial charge in [-0.2, -0.15) is 0 Å². The minimum absolute atomic E-state index is 1.07. The average Bonchev–Trinajstić information content (AvgIpc) is 2.62. The molecule has 0 bridgehead atoms. The molecule has 2 aliphatic rings. The maximum Gasteiger partial charge on any atom is 0.0603 e. The van der Waals surface area contributed by atoms with Crippen LogP contribution in [-0.2, 0) is 12.8 Å². The lowest BCUT2D eigenvalue weighted by atomic mass is 10.1. The van der Waals surface area contributed by atoms with Crippen molar-refractivity contribution in [2.24, 2.45) is 0 Å². The summed E-state index contributed by atoms with van der Waals surface area (Å²) in [7, 11) is 2.18. The van der Waals surface area contributed by atoms with Crippen molar-refractivity contribution in [2.45, 2.75) is 19.3 Å².